The standard InChI is InChI=1S/C13H10NO2S/c1-10-5-4-6-11(9-10)17-13-8-3-2-7-12(13)14(15)16/h2-9H,1H2. The van der Waals surface area contributed by atoms with E-state index in [0.29, 0.717) is 4.90 Å². The van der Waals surface area contributed by atoms with E-state index in [-0.39, 0.29) is 10.6 Å². The highest BCUT2D eigenvalue weighted by Gasteiger charge is 2.13. The number of rotatable bonds is 3. The van der Waals surface area contributed by atoms with Gasteiger partial charge in [0.25, 0.3) is 5.69 Å². The van der Waals surface area contributed by atoms with E-state index in [1.165, 1.54) is 17.8 Å². The summed E-state index contributed by atoms with van der Waals surface area (Å²) in [5.74, 6) is 0. The van der Waals surface area contributed by atoms with E-state index < -0.39 is 0 Å². The lowest BCUT2D eigenvalue weighted by Gasteiger charge is -2.03. The molecule has 0 aromatic heterocycles. The molecule has 0 N–H and O–H groups in total. The maximum Gasteiger partial charge on any atom is 0.283 e. The van der Waals surface area contributed by atoms with E-state index in [2.05, 4.69) is 6.92 Å². The van der Waals surface area contributed by atoms with Crippen LogP contribution >= 0.6 is 11.8 Å². The number of hydrogen-bond donors (Lipinski definition) is 0. The minimum atomic E-state index is -0.365. The molecule has 0 aliphatic carbocycles. The van der Waals surface area contributed by atoms with Crippen LogP contribution in [0, 0.1) is 17.0 Å². The van der Waals surface area contributed by atoms with Gasteiger partial charge in [0.2, 0.25) is 0 Å². The molecule has 17 heavy (non-hydrogen) atoms. The molecule has 2 aromatic rings. The van der Waals surface area contributed by atoms with Crippen LogP contribution in [-0.4, -0.2) is 4.92 Å². The summed E-state index contributed by atoms with van der Waals surface area (Å²) in [7, 11) is 0. The lowest BCUT2D eigenvalue weighted by Crippen LogP contribution is -1.89. The Morgan fingerprint density at radius 3 is 2.59 bits per heavy atom. The first kappa shape index (κ1) is 11.7. The van der Waals surface area contributed by atoms with Crippen LogP contribution in [0.1, 0.15) is 5.56 Å². The highest BCUT2D eigenvalue weighted by Crippen LogP contribution is 2.34. The van der Waals surface area contributed by atoms with Crippen molar-refractivity contribution in [1.29, 1.82) is 0 Å². The molecule has 0 atom stereocenters. The Bertz CT molecular complexity index is 555. The molecule has 0 fully saturated rings. The highest BCUT2D eigenvalue weighted by molar-refractivity contribution is 7.99. The molecule has 0 unspecified atom stereocenters. The van der Waals surface area contributed by atoms with Crippen molar-refractivity contribution in [2.45, 2.75) is 9.79 Å². The summed E-state index contributed by atoms with van der Waals surface area (Å²) in [5, 5.41) is 10.9. The van der Waals surface area contributed by atoms with Crippen molar-refractivity contribution in [3.63, 3.8) is 0 Å². The summed E-state index contributed by atoms with van der Waals surface area (Å²) in [5.41, 5.74) is 1.03. The van der Waals surface area contributed by atoms with E-state index in [4.69, 9.17) is 0 Å². The fraction of sp³-hybridized carbons (Fsp3) is 0. The molecule has 0 aliphatic rings. The summed E-state index contributed by atoms with van der Waals surface area (Å²) in [6, 6.07) is 14.3. The normalized spacial score (nSPS) is 10.2. The summed E-state index contributed by atoms with van der Waals surface area (Å²) >= 11 is 1.38. The van der Waals surface area contributed by atoms with E-state index in [0.717, 1.165) is 10.5 Å². The average molecular weight is 244 g/mol. The lowest BCUT2D eigenvalue weighted by atomic mass is 10.2. The first-order valence-corrected chi connectivity index (χ1v) is 5.82. The van der Waals surface area contributed by atoms with Gasteiger partial charge in [-0.2, -0.15) is 0 Å². The molecular formula is C13H10NO2S. The second-order valence-corrected chi connectivity index (χ2v) is 4.59. The Labute approximate surface area is 104 Å². The van der Waals surface area contributed by atoms with Crippen molar-refractivity contribution < 1.29 is 4.92 Å². The molecule has 0 bridgehead atoms. The summed E-state index contributed by atoms with van der Waals surface area (Å²) in [4.78, 5) is 12.1. The lowest BCUT2D eigenvalue weighted by molar-refractivity contribution is -0.387. The molecule has 2 rings (SSSR count). The van der Waals surface area contributed by atoms with Gasteiger partial charge in [-0.3, -0.25) is 10.1 Å². The molecule has 2 aromatic carbocycles. The van der Waals surface area contributed by atoms with Crippen LogP contribution in [0.4, 0.5) is 5.69 Å². The number of nitro benzene ring substituents is 1. The average Bonchev–Trinajstić information content (AvgIpc) is 2.29. The first-order valence-electron chi connectivity index (χ1n) is 5.00. The Morgan fingerprint density at radius 2 is 1.88 bits per heavy atom. The molecule has 0 saturated heterocycles. The largest absolute Gasteiger partial charge is 0.283 e. The van der Waals surface area contributed by atoms with Gasteiger partial charge in [-0.05, 0) is 30.7 Å². The Balaban J connectivity index is 2.33. The highest BCUT2D eigenvalue weighted by atomic mass is 32.2. The maximum atomic E-state index is 10.9. The molecule has 0 aliphatic heterocycles. The fourth-order valence-corrected chi connectivity index (χ4v) is 2.43. The van der Waals surface area contributed by atoms with Crippen LogP contribution in [-0.2, 0) is 0 Å². The van der Waals surface area contributed by atoms with Gasteiger partial charge in [-0.15, -0.1) is 0 Å². The maximum absolute atomic E-state index is 10.9. The third-order valence-corrected chi connectivity index (χ3v) is 3.24. The van der Waals surface area contributed by atoms with Crippen LogP contribution < -0.4 is 0 Å². The zero-order valence-corrected chi connectivity index (χ0v) is 9.81. The monoisotopic (exact) mass is 244 g/mol. The summed E-state index contributed by atoms with van der Waals surface area (Å²) in [6.07, 6.45) is 0. The van der Waals surface area contributed by atoms with Gasteiger partial charge in [-0.1, -0.05) is 36.0 Å². The SMILES string of the molecule is [CH2]c1cccc(Sc2ccccc2[N+](=O)[O-])c1. The number of hydrogen-bond acceptors (Lipinski definition) is 3. The number of nitro groups is 1. The van der Waals surface area contributed by atoms with Gasteiger partial charge in [0.05, 0.1) is 9.82 Å². The smallest absolute Gasteiger partial charge is 0.258 e. The van der Waals surface area contributed by atoms with Crippen molar-refractivity contribution in [2.75, 3.05) is 0 Å². The van der Waals surface area contributed by atoms with Crippen LogP contribution in [0.3, 0.4) is 0 Å². The molecule has 3 nitrogen and oxygen atoms in total. The first-order chi connectivity index (χ1) is 8.16. The molecule has 1 radical (unpaired) electrons. The molecule has 0 amide bonds. The Morgan fingerprint density at radius 1 is 1.12 bits per heavy atom. The van der Waals surface area contributed by atoms with Crippen molar-refractivity contribution in [3.8, 4) is 0 Å². The van der Waals surface area contributed by atoms with Crippen LogP contribution in [0.15, 0.2) is 58.3 Å². The molecule has 85 valence electrons. The zero-order chi connectivity index (χ0) is 12.3. The summed E-state index contributed by atoms with van der Waals surface area (Å²) < 4.78 is 0. The van der Waals surface area contributed by atoms with Crippen molar-refractivity contribution in [2.24, 2.45) is 0 Å². The number of nitrogens with zero attached hydrogens (tertiary/aromatic N) is 1. The second kappa shape index (κ2) is 5.01. The minimum Gasteiger partial charge on any atom is -0.258 e. The van der Waals surface area contributed by atoms with Crippen molar-refractivity contribution in [3.05, 3.63) is 71.1 Å². The van der Waals surface area contributed by atoms with Crippen LogP contribution in [0.2, 0.25) is 0 Å². The third-order valence-electron chi connectivity index (χ3n) is 2.19. The van der Waals surface area contributed by atoms with Crippen LogP contribution in [0.5, 0.6) is 0 Å². The van der Waals surface area contributed by atoms with E-state index in [1.54, 1.807) is 18.2 Å². The van der Waals surface area contributed by atoms with Crippen molar-refractivity contribution in [1.82, 2.24) is 0 Å². The molecule has 0 spiro atoms. The molecule has 4 heteroatoms. The van der Waals surface area contributed by atoms with E-state index in [1.807, 2.05) is 24.3 Å². The van der Waals surface area contributed by atoms with Gasteiger partial charge >= 0.3 is 0 Å². The predicted molar refractivity (Wildman–Crippen MR) is 68.1 cm³/mol. The Kier molecular flexibility index (Phi) is 3.44. The second-order valence-electron chi connectivity index (χ2n) is 3.47. The Hall–Kier alpha value is -1.81. The number of para-hydroxylation sites is 1. The van der Waals surface area contributed by atoms with E-state index >= 15 is 0 Å². The quantitative estimate of drug-likeness (QED) is 0.607. The molecular weight excluding hydrogens is 234 g/mol. The van der Waals surface area contributed by atoms with Gasteiger partial charge < -0.3 is 0 Å². The predicted octanol–water partition coefficient (Wildman–Crippen LogP) is 3.93. The zero-order valence-electron chi connectivity index (χ0n) is 9.00. The van der Waals surface area contributed by atoms with E-state index in [9.17, 15) is 10.1 Å². The summed E-state index contributed by atoms with van der Waals surface area (Å²) in [6.45, 7) is 3.83. The fourth-order valence-electron chi connectivity index (χ4n) is 1.43. The van der Waals surface area contributed by atoms with Gasteiger partial charge in [0, 0.05) is 11.0 Å². The topological polar surface area (TPSA) is 43.1 Å². The third kappa shape index (κ3) is 2.85. The van der Waals surface area contributed by atoms with Crippen molar-refractivity contribution >= 4 is 17.4 Å². The number of benzene rings is 2. The van der Waals surface area contributed by atoms with Crippen LogP contribution in [0.25, 0.3) is 0 Å². The van der Waals surface area contributed by atoms with Gasteiger partial charge in [0.1, 0.15) is 0 Å². The van der Waals surface area contributed by atoms with Gasteiger partial charge in [0.15, 0.2) is 0 Å². The molecule has 0 heterocycles. The molecule has 0 saturated carbocycles. The minimum absolute atomic E-state index is 0.131. The van der Waals surface area contributed by atoms with Gasteiger partial charge in [-0.25, -0.2) is 0 Å².